The van der Waals surface area contributed by atoms with Crippen LogP contribution in [-0.2, 0) is 14.3 Å². The molecule has 1 amide bonds. The van der Waals surface area contributed by atoms with Gasteiger partial charge < -0.3 is 9.64 Å². The SMILES string of the molecule is CCOC(=O)CN(C)C(=O)C(c1ccccc1)C(C)CC. The van der Waals surface area contributed by atoms with Crippen LogP contribution < -0.4 is 0 Å². The van der Waals surface area contributed by atoms with E-state index in [4.69, 9.17) is 4.74 Å². The first-order valence-corrected chi connectivity index (χ1v) is 7.46. The van der Waals surface area contributed by atoms with Crippen LogP contribution in [0.4, 0.5) is 0 Å². The molecule has 2 atom stereocenters. The van der Waals surface area contributed by atoms with Crippen molar-refractivity contribution in [2.24, 2.45) is 5.92 Å². The summed E-state index contributed by atoms with van der Waals surface area (Å²) in [7, 11) is 1.65. The average molecular weight is 291 g/mol. The van der Waals surface area contributed by atoms with Crippen LogP contribution in [0.1, 0.15) is 38.7 Å². The normalized spacial score (nSPS) is 13.3. The Morgan fingerprint density at radius 2 is 1.81 bits per heavy atom. The second-order valence-corrected chi connectivity index (χ2v) is 5.27. The van der Waals surface area contributed by atoms with E-state index in [1.807, 2.05) is 30.3 Å². The zero-order chi connectivity index (χ0) is 15.8. The highest BCUT2D eigenvalue weighted by atomic mass is 16.5. The number of benzene rings is 1. The van der Waals surface area contributed by atoms with Crippen LogP contribution >= 0.6 is 0 Å². The van der Waals surface area contributed by atoms with Crippen LogP contribution in [0.5, 0.6) is 0 Å². The minimum Gasteiger partial charge on any atom is -0.465 e. The molecule has 116 valence electrons. The molecule has 0 aliphatic heterocycles. The minimum absolute atomic E-state index is 0.00750. The predicted molar refractivity (Wildman–Crippen MR) is 82.9 cm³/mol. The summed E-state index contributed by atoms with van der Waals surface area (Å²) in [5.41, 5.74) is 0.993. The van der Waals surface area contributed by atoms with Crippen molar-refractivity contribution >= 4 is 11.9 Å². The summed E-state index contributed by atoms with van der Waals surface area (Å²) in [5, 5.41) is 0. The minimum atomic E-state index is -0.371. The lowest BCUT2D eigenvalue weighted by Gasteiger charge is -2.27. The number of carbonyl (C=O) groups is 2. The molecule has 4 heteroatoms. The van der Waals surface area contributed by atoms with Crippen LogP contribution in [0, 0.1) is 5.92 Å². The molecule has 0 heterocycles. The van der Waals surface area contributed by atoms with Crippen molar-refractivity contribution in [1.29, 1.82) is 0 Å². The number of likely N-dealkylation sites (N-methyl/N-ethyl adjacent to an activating group) is 1. The Balaban J connectivity index is 2.88. The van der Waals surface area contributed by atoms with Gasteiger partial charge in [0, 0.05) is 7.05 Å². The third-order valence-electron chi connectivity index (χ3n) is 3.69. The summed E-state index contributed by atoms with van der Waals surface area (Å²) in [5.74, 6) is -0.423. The van der Waals surface area contributed by atoms with Gasteiger partial charge in [-0.05, 0) is 18.4 Å². The van der Waals surface area contributed by atoms with E-state index >= 15 is 0 Å². The lowest BCUT2D eigenvalue weighted by atomic mass is 9.84. The summed E-state index contributed by atoms with van der Waals surface area (Å²) < 4.78 is 4.90. The van der Waals surface area contributed by atoms with E-state index in [1.54, 1.807) is 14.0 Å². The molecule has 0 radical (unpaired) electrons. The quantitative estimate of drug-likeness (QED) is 0.726. The maximum atomic E-state index is 12.7. The van der Waals surface area contributed by atoms with Crippen molar-refractivity contribution in [3.05, 3.63) is 35.9 Å². The second kappa shape index (κ2) is 8.45. The third-order valence-corrected chi connectivity index (χ3v) is 3.69. The number of hydrogen-bond acceptors (Lipinski definition) is 3. The Morgan fingerprint density at radius 3 is 2.33 bits per heavy atom. The molecule has 4 nitrogen and oxygen atoms in total. The van der Waals surface area contributed by atoms with Gasteiger partial charge in [0.1, 0.15) is 6.54 Å². The highest BCUT2D eigenvalue weighted by Gasteiger charge is 2.29. The van der Waals surface area contributed by atoms with Crippen LogP contribution in [0.15, 0.2) is 30.3 Å². The molecular formula is C17H25NO3. The Kier molecular flexibility index (Phi) is 6.92. The van der Waals surface area contributed by atoms with E-state index in [1.165, 1.54) is 4.90 Å². The third kappa shape index (κ3) is 4.88. The number of amides is 1. The molecule has 0 aromatic heterocycles. The molecule has 1 rings (SSSR count). The fraction of sp³-hybridized carbons (Fsp3) is 0.529. The summed E-state index contributed by atoms with van der Waals surface area (Å²) in [6, 6.07) is 9.73. The van der Waals surface area contributed by atoms with Crippen molar-refractivity contribution in [3.8, 4) is 0 Å². The first-order valence-electron chi connectivity index (χ1n) is 7.46. The van der Waals surface area contributed by atoms with Gasteiger partial charge in [-0.1, -0.05) is 50.6 Å². The fourth-order valence-electron chi connectivity index (χ4n) is 2.33. The molecular weight excluding hydrogens is 266 g/mol. The van der Waals surface area contributed by atoms with Gasteiger partial charge in [-0.25, -0.2) is 0 Å². The standard InChI is InChI=1S/C17H25NO3/c1-5-13(3)16(14-10-8-7-9-11-14)17(20)18(4)12-15(19)21-6-2/h7-11,13,16H,5-6,12H2,1-4H3. The molecule has 0 saturated heterocycles. The fourth-order valence-corrected chi connectivity index (χ4v) is 2.33. The molecule has 0 aliphatic rings. The first-order chi connectivity index (χ1) is 10.0. The highest BCUT2D eigenvalue weighted by molar-refractivity contribution is 5.87. The van der Waals surface area contributed by atoms with Gasteiger partial charge in [0.25, 0.3) is 0 Å². The molecule has 1 aromatic carbocycles. The topological polar surface area (TPSA) is 46.6 Å². The van der Waals surface area contributed by atoms with Gasteiger partial charge in [0.15, 0.2) is 0 Å². The summed E-state index contributed by atoms with van der Waals surface area (Å²) in [6.07, 6.45) is 0.901. The molecule has 0 fully saturated rings. The smallest absolute Gasteiger partial charge is 0.325 e. The number of esters is 1. The molecule has 0 N–H and O–H groups in total. The van der Waals surface area contributed by atoms with Crippen molar-refractivity contribution in [3.63, 3.8) is 0 Å². The number of hydrogen-bond donors (Lipinski definition) is 0. The largest absolute Gasteiger partial charge is 0.465 e. The van der Waals surface area contributed by atoms with Crippen molar-refractivity contribution in [1.82, 2.24) is 4.90 Å². The van der Waals surface area contributed by atoms with Crippen LogP contribution in [0.3, 0.4) is 0 Å². The van der Waals surface area contributed by atoms with Gasteiger partial charge in [-0.2, -0.15) is 0 Å². The molecule has 0 spiro atoms. The average Bonchev–Trinajstić information content (AvgIpc) is 2.48. The molecule has 21 heavy (non-hydrogen) atoms. The Labute approximate surface area is 127 Å². The van der Waals surface area contributed by atoms with E-state index in [0.717, 1.165) is 12.0 Å². The van der Waals surface area contributed by atoms with E-state index in [-0.39, 0.29) is 30.3 Å². The van der Waals surface area contributed by atoms with Gasteiger partial charge in [0.05, 0.1) is 12.5 Å². The van der Waals surface area contributed by atoms with E-state index in [0.29, 0.717) is 6.61 Å². The van der Waals surface area contributed by atoms with Crippen molar-refractivity contribution < 1.29 is 14.3 Å². The molecule has 0 aliphatic carbocycles. The Hall–Kier alpha value is -1.84. The lowest BCUT2D eigenvalue weighted by molar-refractivity contribution is -0.148. The van der Waals surface area contributed by atoms with Crippen LogP contribution in [-0.4, -0.2) is 37.0 Å². The number of nitrogens with zero attached hydrogens (tertiary/aromatic N) is 1. The monoisotopic (exact) mass is 291 g/mol. The van der Waals surface area contributed by atoms with Crippen molar-refractivity contribution in [2.45, 2.75) is 33.1 Å². The molecule has 0 bridgehead atoms. The van der Waals surface area contributed by atoms with E-state index in [9.17, 15) is 9.59 Å². The first kappa shape index (κ1) is 17.2. The molecule has 0 saturated carbocycles. The summed E-state index contributed by atoms with van der Waals surface area (Å²) in [6.45, 7) is 6.21. The molecule has 2 unspecified atom stereocenters. The summed E-state index contributed by atoms with van der Waals surface area (Å²) >= 11 is 0. The second-order valence-electron chi connectivity index (χ2n) is 5.27. The zero-order valence-corrected chi connectivity index (χ0v) is 13.3. The van der Waals surface area contributed by atoms with Crippen LogP contribution in [0.25, 0.3) is 0 Å². The number of ether oxygens (including phenoxy) is 1. The molecule has 1 aromatic rings. The van der Waals surface area contributed by atoms with Gasteiger partial charge in [-0.3, -0.25) is 9.59 Å². The van der Waals surface area contributed by atoms with Gasteiger partial charge >= 0.3 is 5.97 Å². The van der Waals surface area contributed by atoms with Gasteiger partial charge in [-0.15, -0.1) is 0 Å². The lowest BCUT2D eigenvalue weighted by Crippen LogP contribution is -2.38. The van der Waals surface area contributed by atoms with E-state index in [2.05, 4.69) is 13.8 Å². The van der Waals surface area contributed by atoms with Gasteiger partial charge in [0.2, 0.25) is 5.91 Å². The van der Waals surface area contributed by atoms with E-state index < -0.39 is 0 Å². The zero-order valence-electron chi connectivity index (χ0n) is 13.3. The summed E-state index contributed by atoms with van der Waals surface area (Å²) in [4.78, 5) is 25.7. The maximum Gasteiger partial charge on any atom is 0.325 e. The van der Waals surface area contributed by atoms with Crippen LogP contribution in [0.2, 0.25) is 0 Å². The van der Waals surface area contributed by atoms with Crippen molar-refractivity contribution in [2.75, 3.05) is 20.2 Å². The number of carbonyl (C=O) groups excluding carboxylic acids is 2. The Morgan fingerprint density at radius 1 is 1.19 bits per heavy atom. The predicted octanol–water partition coefficient (Wildman–Crippen LogP) is 2.84. The number of rotatable bonds is 7. The highest BCUT2D eigenvalue weighted by Crippen LogP contribution is 2.28. The Bertz CT molecular complexity index is 458. The maximum absolute atomic E-state index is 12.7.